The molecule has 0 spiro atoms. The summed E-state index contributed by atoms with van der Waals surface area (Å²) in [7, 11) is 0. The molecule has 3 N–H and O–H groups in total. The summed E-state index contributed by atoms with van der Waals surface area (Å²) < 4.78 is 11.0. The molecule has 2 aromatic rings. The Labute approximate surface area is 192 Å². The van der Waals surface area contributed by atoms with Crippen molar-refractivity contribution in [2.24, 2.45) is 5.92 Å². The number of carbonyl (C=O) groups is 3. The summed E-state index contributed by atoms with van der Waals surface area (Å²) >= 11 is 0. The Kier molecular flexibility index (Phi) is 6.93. The number of alkyl carbamates (subject to hydrolysis) is 1. The number of fused-ring (bicyclic) bond motifs is 3. The van der Waals surface area contributed by atoms with Gasteiger partial charge in [0, 0.05) is 25.0 Å². The molecule has 0 bridgehead atoms. The zero-order valence-electron chi connectivity index (χ0n) is 18.5. The van der Waals surface area contributed by atoms with E-state index in [4.69, 9.17) is 14.6 Å². The highest BCUT2D eigenvalue weighted by Crippen LogP contribution is 2.44. The minimum atomic E-state index is -1.09. The lowest BCUT2D eigenvalue weighted by Crippen LogP contribution is -2.48. The van der Waals surface area contributed by atoms with E-state index in [2.05, 4.69) is 34.9 Å². The number of carboxylic acid groups (broad SMARTS) is 1. The third kappa shape index (κ3) is 4.85. The van der Waals surface area contributed by atoms with Crippen molar-refractivity contribution >= 4 is 18.0 Å². The molecule has 8 heteroatoms. The van der Waals surface area contributed by atoms with Crippen LogP contribution in [0.4, 0.5) is 4.79 Å². The van der Waals surface area contributed by atoms with Gasteiger partial charge < -0.3 is 25.2 Å². The van der Waals surface area contributed by atoms with Crippen LogP contribution in [0.5, 0.6) is 0 Å². The number of benzene rings is 2. The quantitative estimate of drug-likeness (QED) is 0.568. The predicted molar refractivity (Wildman–Crippen MR) is 121 cm³/mol. The van der Waals surface area contributed by atoms with E-state index in [-0.39, 0.29) is 31.4 Å². The van der Waals surface area contributed by atoms with Crippen molar-refractivity contribution in [2.75, 3.05) is 19.8 Å². The molecule has 3 atom stereocenters. The normalized spacial score (nSPS) is 19.9. The van der Waals surface area contributed by atoms with Gasteiger partial charge >= 0.3 is 12.1 Å². The Hall–Kier alpha value is -3.39. The molecule has 1 heterocycles. The summed E-state index contributed by atoms with van der Waals surface area (Å²) in [5.41, 5.74) is 4.59. The van der Waals surface area contributed by atoms with E-state index in [1.165, 1.54) is 0 Å². The van der Waals surface area contributed by atoms with Crippen LogP contribution < -0.4 is 10.6 Å². The maximum atomic E-state index is 12.5. The van der Waals surface area contributed by atoms with Crippen LogP contribution in [0.2, 0.25) is 0 Å². The highest BCUT2D eigenvalue weighted by Gasteiger charge is 2.36. The number of hydrogen-bond acceptors (Lipinski definition) is 5. The first-order chi connectivity index (χ1) is 16.0. The van der Waals surface area contributed by atoms with Crippen molar-refractivity contribution in [3.8, 4) is 11.1 Å². The molecule has 2 aromatic carbocycles. The van der Waals surface area contributed by atoms with E-state index in [1.807, 2.05) is 24.3 Å². The number of rotatable bonds is 8. The van der Waals surface area contributed by atoms with Gasteiger partial charge in [0.05, 0.1) is 0 Å². The molecule has 1 saturated heterocycles. The number of carbonyl (C=O) groups excluding carboxylic acids is 2. The van der Waals surface area contributed by atoms with E-state index in [0.29, 0.717) is 13.0 Å². The fourth-order valence-electron chi connectivity index (χ4n) is 4.59. The smallest absolute Gasteiger partial charge is 0.407 e. The first-order valence-electron chi connectivity index (χ1n) is 11.2. The maximum Gasteiger partial charge on any atom is 0.407 e. The van der Waals surface area contributed by atoms with E-state index in [1.54, 1.807) is 6.92 Å². The van der Waals surface area contributed by atoms with Crippen LogP contribution in [-0.2, 0) is 19.1 Å². The van der Waals surface area contributed by atoms with Crippen LogP contribution in [0.15, 0.2) is 48.5 Å². The number of hydrogen-bond donors (Lipinski definition) is 3. The lowest BCUT2D eigenvalue weighted by molar-refractivity contribution is -0.144. The van der Waals surface area contributed by atoms with Crippen LogP contribution in [0.25, 0.3) is 11.1 Å². The van der Waals surface area contributed by atoms with Crippen LogP contribution in [0.3, 0.4) is 0 Å². The standard InChI is InChI=1S/C25H28N2O6/c1-2-21(24(29)30)27-23(28)22-15(11-12-32-22)13-26-25(31)33-14-20-18-9-5-3-7-16(18)17-8-4-6-10-19(17)20/h3-10,15,20-22H,2,11-14H2,1H3,(H,26,31)(H,27,28)(H,29,30)/t15-,21-,22-/m1/s1. The summed E-state index contributed by atoms with van der Waals surface area (Å²) in [5, 5.41) is 14.4. The number of amides is 2. The highest BCUT2D eigenvalue weighted by atomic mass is 16.5. The molecule has 0 radical (unpaired) electrons. The second-order valence-electron chi connectivity index (χ2n) is 8.35. The average molecular weight is 453 g/mol. The van der Waals surface area contributed by atoms with E-state index in [0.717, 1.165) is 22.3 Å². The molecule has 8 nitrogen and oxygen atoms in total. The third-order valence-electron chi connectivity index (χ3n) is 6.35. The van der Waals surface area contributed by atoms with Crippen molar-refractivity contribution in [2.45, 2.75) is 37.8 Å². The maximum absolute atomic E-state index is 12.5. The first-order valence-corrected chi connectivity index (χ1v) is 11.2. The van der Waals surface area contributed by atoms with Crippen molar-refractivity contribution < 1.29 is 29.0 Å². The number of carboxylic acids is 1. The van der Waals surface area contributed by atoms with Crippen LogP contribution >= 0.6 is 0 Å². The molecule has 0 saturated carbocycles. The van der Waals surface area contributed by atoms with Gasteiger partial charge in [-0.15, -0.1) is 0 Å². The molecule has 1 aliphatic carbocycles. The molecule has 2 aliphatic rings. The topological polar surface area (TPSA) is 114 Å². The second-order valence-corrected chi connectivity index (χ2v) is 8.35. The fourth-order valence-corrected chi connectivity index (χ4v) is 4.59. The lowest BCUT2D eigenvalue weighted by Gasteiger charge is -2.21. The van der Waals surface area contributed by atoms with E-state index in [9.17, 15) is 14.4 Å². The van der Waals surface area contributed by atoms with Gasteiger partial charge in [0.25, 0.3) is 0 Å². The molecule has 1 fully saturated rings. The van der Waals surface area contributed by atoms with Gasteiger partial charge in [-0.05, 0) is 35.1 Å². The summed E-state index contributed by atoms with van der Waals surface area (Å²) in [5.74, 6) is -1.84. The molecular formula is C25H28N2O6. The Morgan fingerprint density at radius 1 is 1.09 bits per heavy atom. The molecule has 2 amide bonds. The molecule has 174 valence electrons. The van der Waals surface area contributed by atoms with Crippen LogP contribution in [-0.4, -0.2) is 55.0 Å². The fraction of sp³-hybridized carbons (Fsp3) is 0.400. The number of ether oxygens (including phenoxy) is 2. The number of aliphatic carboxylic acids is 1. The lowest BCUT2D eigenvalue weighted by atomic mass is 9.98. The Balaban J connectivity index is 1.31. The van der Waals surface area contributed by atoms with Gasteiger partial charge in [-0.2, -0.15) is 0 Å². The Morgan fingerprint density at radius 2 is 1.73 bits per heavy atom. The highest BCUT2D eigenvalue weighted by molar-refractivity contribution is 5.86. The van der Waals surface area contributed by atoms with Gasteiger partial charge in [-0.25, -0.2) is 9.59 Å². The molecular weight excluding hydrogens is 424 g/mol. The largest absolute Gasteiger partial charge is 0.480 e. The second kappa shape index (κ2) is 10.0. The minimum Gasteiger partial charge on any atom is -0.480 e. The molecule has 4 rings (SSSR count). The Bertz CT molecular complexity index is 994. The molecule has 0 unspecified atom stereocenters. The van der Waals surface area contributed by atoms with Gasteiger partial charge in [0.1, 0.15) is 18.8 Å². The monoisotopic (exact) mass is 452 g/mol. The zero-order valence-corrected chi connectivity index (χ0v) is 18.5. The summed E-state index contributed by atoms with van der Waals surface area (Å²) in [6.07, 6.45) is -0.491. The van der Waals surface area contributed by atoms with Crippen molar-refractivity contribution in [3.63, 3.8) is 0 Å². The van der Waals surface area contributed by atoms with Gasteiger partial charge in [0.15, 0.2) is 0 Å². The van der Waals surface area contributed by atoms with Gasteiger partial charge in [0.2, 0.25) is 5.91 Å². The third-order valence-corrected chi connectivity index (χ3v) is 6.35. The molecule has 0 aromatic heterocycles. The van der Waals surface area contributed by atoms with Crippen molar-refractivity contribution in [1.29, 1.82) is 0 Å². The molecule has 33 heavy (non-hydrogen) atoms. The first kappa shape index (κ1) is 22.8. The summed E-state index contributed by atoms with van der Waals surface area (Å²) in [6, 6.07) is 15.3. The minimum absolute atomic E-state index is 0.0292. The van der Waals surface area contributed by atoms with E-state index >= 15 is 0 Å². The SMILES string of the molecule is CC[C@@H](NC(=O)[C@@H]1OCC[C@@H]1CNC(=O)OCC1c2ccccc2-c2ccccc21)C(=O)O. The zero-order chi connectivity index (χ0) is 23.4. The summed E-state index contributed by atoms with van der Waals surface area (Å²) in [4.78, 5) is 36.1. The summed E-state index contributed by atoms with van der Waals surface area (Å²) in [6.45, 7) is 2.48. The number of nitrogens with one attached hydrogen (secondary N) is 2. The van der Waals surface area contributed by atoms with Crippen LogP contribution in [0.1, 0.15) is 36.8 Å². The Morgan fingerprint density at radius 3 is 2.33 bits per heavy atom. The van der Waals surface area contributed by atoms with Gasteiger partial charge in [-0.1, -0.05) is 55.5 Å². The van der Waals surface area contributed by atoms with Crippen molar-refractivity contribution in [1.82, 2.24) is 10.6 Å². The molecule has 1 aliphatic heterocycles. The average Bonchev–Trinajstić information content (AvgIpc) is 3.42. The van der Waals surface area contributed by atoms with Crippen LogP contribution in [0, 0.1) is 5.92 Å². The van der Waals surface area contributed by atoms with Crippen molar-refractivity contribution in [3.05, 3.63) is 59.7 Å². The van der Waals surface area contributed by atoms with Gasteiger partial charge in [-0.3, -0.25) is 4.79 Å². The van der Waals surface area contributed by atoms with E-state index < -0.39 is 30.1 Å². The predicted octanol–water partition coefficient (Wildman–Crippen LogP) is 2.91.